The van der Waals surface area contributed by atoms with Gasteiger partial charge in [0.15, 0.2) is 0 Å². The van der Waals surface area contributed by atoms with E-state index in [1.807, 2.05) is 0 Å². The summed E-state index contributed by atoms with van der Waals surface area (Å²) < 4.78 is 24.8. The van der Waals surface area contributed by atoms with Crippen LogP contribution < -0.4 is 5.32 Å². The van der Waals surface area contributed by atoms with Gasteiger partial charge in [0.05, 0.1) is 5.69 Å². The van der Waals surface area contributed by atoms with Crippen molar-refractivity contribution in [1.82, 2.24) is 10.3 Å². The molecular formula is C15H13ClF2N2O3S. The fraction of sp³-hybridized carbons (Fsp3) is 0.267. The number of carboxylic acid groups (broad SMARTS) is 1. The third-order valence-electron chi connectivity index (χ3n) is 3.11. The van der Waals surface area contributed by atoms with E-state index < -0.39 is 30.8 Å². The van der Waals surface area contributed by atoms with E-state index in [0.717, 1.165) is 16.9 Å². The number of nitrogens with zero attached hydrogens (tertiary/aromatic N) is 1. The van der Waals surface area contributed by atoms with Gasteiger partial charge in [-0.3, -0.25) is 4.79 Å². The van der Waals surface area contributed by atoms with Gasteiger partial charge in [0, 0.05) is 17.0 Å². The number of carbonyl (C=O) groups is 2. The van der Waals surface area contributed by atoms with Crippen LogP contribution in [0.1, 0.15) is 21.8 Å². The quantitative estimate of drug-likeness (QED) is 0.809. The number of hydrogen-bond acceptors (Lipinski definition) is 4. The number of amides is 1. The van der Waals surface area contributed by atoms with Gasteiger partial charge in [0.1, 0.15) is 15.9 Å². The summed E-state index contributed by atoms with van der Waals surface area (Å²) in [6.07, 6.45) is -3.79. The lowest BCUT2D eigenvalue weighted by molar-refractivity contribution is -0.140. The molecular weight excluding hydrogens is 362 g/mol. The molecule has 24 heavy (non-hydrogen) atoms. The van der Waals surface area contributed by atoms with Crippen molar-refractivity contribution < 1.29 is 23.5 Å². The summed E-state index contributed by atoms with van der Waals surface area (Å²) >= 11 is 6.87. The molecule has 1 atom stereocenters. The number of benzene rings is 1. The summed E-state index contributed by atoms with van der Waals surface area (Å²) in [6.45, 7) is 1.59. The topological polar surface area (TPSA) is 79.3 Å². The third-order valence-corrected chi connectivity index (χ3v) is 4.57. The third kappa shape index (κ3) is 4.48. The number of thiazole rings is 1. The SMILES string of the molecule is Cc1nc(-c2ccc(Cl)cc2)sc1C(=O)NC(CC(F)F)C(=O)O. The average molecular weight is 375 g/mol. The number of carbonyl (C=O) groups excluding carboxylic acids is 1. The van der Waals surface area contributed by atoms with Crippen LogP contribution in [0.5, 0.6) is 0 Å². The van der Waals surface area contributed by atoms with Crippen LogP contribution >= 0.6 is 22.9 Å². The van der Waals surface area contributed by atoms with E-state index in [1.54, 1.807) is 31.2 Å². The molecule has 0 aliphatic heterocycles. The first kappa shape index (κ1) is 18.3. The minimum Gasteiger partial charge on any atom is -0.480 e. The van der Waals surface area contributed by atoms with E-state index in [4.69, 9.17) is 16.7 Å². The summed E-state index contributed by atoms with van der Waals surface area (Å²) in [5.74, 6) is -2.25. The van der Waals surface area contributed by atoms with Crippen molar-refractivity contribution in [3.63, 3.8) is 0 Å². The molecule has 2 rings (SSSR count). The highest BCUT2D eigenvalue weighted by atomic mass is 35.5. The number of aryl methyl sites for hydroxylation is 1. The van der Waals surface area contributed by atoms with Gasteiger partial charge >= 0.3 is 5.97 Å². The Bertz CT molecular complexity index is 750. The molecule has 5 nitrogen and oxygen atoms in total. The molecule has 0 bridgehead atoms. The van der Waals surface area contributed by atoms with Crippen molar-refractivity contribution in [3.8, 4) is 10.6 Å². The molecule has 0 radical (unpaired) electrons. The number of hydrogen-bond donors (Lipinski definition) is 2. The fourth-order valence-electron chi connectivity index (χ4n) is 1.95. The highest BCUT2D eigenvalue weighted by Crippen LogP contribution is 2.28. The van der Waals surface area contributed by atoms with Crippen LogP contribution in [-0.4, -0.2) is 34.4 Å². The number of aromatic nitrogens is 1. The minimum absolute atomic E-state index is 0.181. The molecule has 2 aromatic rings. The molecule has 9 heteroatoms. The molecule has 128 valence electrons. The van der Waals surface area contributed by atoms with Crippen LogP contribution in [-0.2, 0) is 4.79 Å². The zero-order valence-corrected chi connectivity index (χ0v) is 14.0. The van der Waals surface area contributed by atoms with Crippen molar-refractivity contribution in [2.75, 3.05) is 0 Å². The fourth-order valence-corrected chi connectivity index (χ4v) is 3.05. The van der Waals surface area contributed by atoms with E-state index in [-0.39, 0.29) is 4.88 Å². The zero-order valence-electron chi connectivity index (χ0n) is 12.4. The number of rotatable bonds is 6. The Morgan fingerprint density at radius 1 is 1.33 bits per heavy atom. The average Bonchev–Trinajstić information content (AvgIpc) is 2.88. The molecule has 0 saturated heterocycles. The Morgan fingerprint density at radius 2 is 1.96 bits per heavy atom. The van der Waals surface area contributed by atoms with Crippen molar-refractivity contribution in [2.24, 2.45) is 0 Å². The second-order valence-corrected chi connectivity index (χ2v) is 6.37. The molecule has 1 aromatic heterocycles. The van der Waals surface area contributed by atoms with Crippen LogP contribution in [0, 0.1) is 6.92 Å². The Morgan fingerprint density at radius 3 is 2.50 bits per heavy atom. The maximum atomic E-state index is 12.4. The van der Waals surface area contributed by atoms with Gasteiger partial charge in [0.25, 0.3) is 5.91 Å². The van der Waals surface area contributed by atoms with Crippen LogP contribution in [0.25, 0.3) is 10.6 Å². The maximum Gasteiger partial charge on any atom is 0.326 e. The van der Waals surface area contributed by atoms with Gasteiger partial charge in [-0.05, 0) is 19.1 Å². The van der Waals surface area contributed by atoms with Gasteiger partial charge in [-0.15, -0.1) is 11.3 Å². The number of aliphatic carboxylic acids is 1. The molecule has 1 amide bonds. The largest absolute Gasteiger partial charge is 0.480 e. The Labute approximate surface area is 145 Å². The molecule has 2 N–H and O–H groups in total. The monoisotopic (exact) mass is 374 g/mol. The second kappa shape index (κ2) is 7.67. The predicted molar refractivity (Wildman–Crippen MR) is 86.8 cm³/mol. The number of carboxylic acids is 1. The van der Waals surface area contributed by atoms with Crippen molar-refractivity contribution >= 4 is 34.8 Å². The van der Waals surface area contributed by atoms with E-state index in [0.29, 0.717) is 15.7 Å². The van der Waals surface area contributed by atoms with Crippen LogP contribution in [0.3, 0.4) is 0 Å². The highest BCUT2D eigenvalue weighted by molar-refractivity contribution is 7.17. The van der Waals surface area contributed by atoms with E-state index in [9.17, 15) is 18.4 Å². The first-order chi connectivity index (χ1) is 11.3. The summed E-state index contributed by atoms with van der Waals surface area (Å²) in [4.78, 5) is 27.6. The van der Waals surface area contributed by atoms with E-state index >= 15 is 0 Å². The smallest absolute Gasteiger partial charge is 0.326 e. The summed E-state index contributed by atoms with van der Waals surface area (Å²) in [6, 6.07) is 5.17. The molecule has 0 spiro atoms. The Hall–Kier alpha value is -2.06. The Kier molecular flexibility index (Phi) is 5.84. The first-order valence-electron chi connectivity index (χ1n) is 6.83. The molecule has 1 unspecified atom stereocenters. The number of halogens is 3. The van der Waals surface area contributed by atoms with E-state index in [1.165, 1.54) is 0 Å². The maximum absolute atomic E-state index is 12.4. The summed E-state index contributed by atoms with van der Waals surface area (Å²) in [5.41, 5.74) is 1.14. The normalized spacial score (nSPS) is 12.2. The van der Waals surface area contributed by atoms with Crippen molar-refractivity contribution in [2.45, 2.75) is 25.8 Å². The number of nitrogens with one attached hydrogen (secondary N) is 1. The molecule has 1 aromatic carbocycles. The summed E-state index contributed by atoms with van der Waals surface area (Å²) in [5, 5.41) is 12.1. The van der Waals surface area contributed by atoms with Crippen LogP contribution in [0.2, 0.25) is 5.02 Å². The van der Waals surface area contributed by atoms with Gasteiger partial charge in [0.2, 0.25) is 6.43 Å². The molecule has 0 aliphatic carbocycles. The van der Waals surface area contributed by atoms with Gasteiger partial charge in [-0.1, -0.05) is 23.7 Å². The lowest BCUT2D eigenvalue weighted by Gasteiger charge is -2.13. The van der Waals surface area contributed by atoms with Crippen molar-refractivity contribution in [1.29, 1.82) is 0 Å². The lowest BCUT2D eigenvalue weighted by Crippen LogP contribution is -2.41. The first-order valence-corrected chi connectivity index (χ1v) is 8.02. The molecule has 1 heterocycles. The van der Waals surface area contributed by atoms with Crippen LogP contribution in [0.15, 0.2) is 24.3 Å². The second-order valence-electron chi connectivity index (χ2n) is 4.93. The molecule has 0 fully saturated rings. The highest BCUT2D eigenvalue weighted by Gasteiger charge is 2.26. The molecule has 0 saturated carbocycles. The lowest BCUT2D eigenvalue weighted by atomic mass is 10.2. The van der Waals surface area contributed by atoms with Crippen LogP contribution in [0.4, 0.5) is 8.78 Å². The molecule has 0 aliphatic rings. The summed E-state index contributed by atoms with van der Waals surface area (Å²) in [7, 11) is 0. The van der Waals surface area contributed by atoms with Crippen molar-refractivity contribution in [3.05, 3.63) is 39.9 Å². The zero-order chi connectivity index (χ0) is 17.9. The van der Waals surface area contributed by atoms with Gasteiger partial charge in [-0.25, -0.2) is 18.6 Å². The Balaban J connectivity index is 2.21. The number of alkyl halides is 2. The van der Waals surface area contributed by atoms with Gasteiger partial charge in [-0.2, -0.15) is 0 Å². The van der Waals surface area contributed by atoms with Gasteiger partial charge < -0.3 is 10.4 Å². The predicted octanol–water partition coefficient (Wildman–Crippen LogP) is 3.61. The van der Waals surface area contributed by atoms with E-state index in [2.05, 4.69) is 10.3 Å². The standard InChI is InChI=1S/C15H13ClF2N2O3S/c1-7-12(13(21)20-10(15(22)23)6-11(17)18)24-14(19-7)8-2-4-9(16)5-3-8/h2-5,10-11H,6H2,1H3,(H,20,21)(H,22,23). The minimum atomic E-state index is -2.83.